The molecule has 1 amide bonds. The molecule has 0 bridgehead atoms. The largest absolute Gasteiger partial charge is 0.497 e. The van der Waals surface area contributed by atoms with Crippen LogP contribution in [0.25, 0.3) is 0 Å². The maximum Gasteiger partial charge on any atom is 0.261 e. The zero-order valence-electron chi connectivity index (χ0n) is 15.8. The molecule has 1 saturated heterocycles. The number of amides is 1. The first-order chi connectivity index (χ1) is 13.6. The molecule has 7 heteroatoms. The summed E-state index contributed by atoms with van der Waals surface area (Å²) >= 11 is 6.12. The number of carbonyl (C=O) groups excluding carboxylic acids is 1. The first-order valence-electron chi connectivity index (χ1n) is 8.91. The van der Waals surface area contributed by atoms with Gasteiger partial charge in [0.1, 0.15) is 17.2 Å². The molecule has 2 aromatic carbocycles. The molecule has 1 atom stereocenters. The van der Waals surface area contributed by atoms with Crippen molar-refractivity contribution in [3.63, 3.8) is 0 Å². The Labute approximate surface area is 169 Å². The summed E-state index contributed by atoms with van der Waals surface area (Å²) in [5, 5.41) is 9.21. The van der Waals surface area contributed by atoms with Gasteiger partial charge in [-0.2, -0.15) is 5.26 Å². The van der Waals surface area contributed by atoms with Gasteiger partial charge in [-0.15, -0.1) is 0 Å². The third-order valence-electron chi connectivity index (χ3n) is 4.78. The molecule has 3 rings (SSSR count). The van der Waals surface area contributed by atoms with E-state index >= 15 is 0 Å². The summed E-state index contributed by atoms with van der Waals surface area (Å²) in [6, 6.07) is 12.2. The highest BCUT2D eigenvalue weighted by Crippen LogP contribution is 2.39. The monoisotopic (exact) mass is 400 g/mol. The van der Waals surface area contributed by atoms with Crippen LogP contribution >= 0.6 is 11.6 Å². The first kappa shape index (κ1) is 19.8. The number of carbonyl (C=O) groups is 1. The van der Waals surface area contributed by atoms with E-state index in [1.807, 2.05) is 24.3 Å². The summed E-state index contributed by atoms with van der Waals surface area (Å²) in [4.78, 5) is 14.6. The highest BCUT2D eigenvalue weighted by molar-refractivity contribution is 6.32. The van der Waals surface area contributed by atoms with E-state index in [1.54, 1.807) is 31.3 Å². The van der Waals surface area contributed by atoms with E-state index in [9.17, 15) is 4.79 Å². The standard InChI is InChI=1S/C21H21ClN2O4/c1-26-15-6-8-19(27-2)16(11-15)18-4-3-9-24(18)21(25)13-28-20-7-5-14(12-23)10-17(20)22/h5-8,10-11,18H,3-4,9,13H2,1-2H3/t18-/m0/s1. The van der Waals surface area contributed by atoms with Crippen LogP contribution in [0.1, 0.15) is 30.0 Å². The van der Waals surface area contributed by atoms with Gasteiger partial charge in [0, 0.05) is 12.1 Å². The molecule has 0 unspecified atom stereocenters. The quantitative estimate of drug-likeness (QED) is 0.733. The number of halogens is 1. The lowest BCUT2D eigenvalue weighted by Gasteiger charge is -2.26. The number of ether oxygens (including phenoxy) is 3. The summed E-state index contributed by atoms with van der Waals surface area (Å²) in [6.07, 6.45) is 1.74. The van der Waals surface area contributed by atoms with Crippen LogP contribution in [0.2, 0.25) is 5.02 Å². The van der Waals surface area contributed by atoms with Gasteiger partial charge in [-0.3, -0.25) is 4.79 Å². The molecular formula is C21H21ClN2O4. The van der Waals surface area contributed by atoms with Crippen molar-refractivity contribution in [2.45, 2.75) is 18.9 Å². The van der Waals surface area contributed by atoms with Gasteiger partial charge in [-0.1, -0.05) is 11.6 Å². The summed E-state index contributed by atoms with van der Waals surface area (Å²) in [6.45, 7) is 0.517. The molecule has 0 aromatic heterocycles. The number of nitrogens with zero attached hydrogens (tertiary/aromatic N) is 2. The Bertz CT molecular complexity index is 910. The molecule has 0 N–H and O–H groups in total. The lowest BCUT2D eigenvalue weighted by atomic mass is 10.0. The van der Waals surface area contributed by atoms with E-state index in [0.29, 0.717) is 22.9 Å². The second-order valence-electron chi connectivity index (χ2n) is 6.40. The third-order valence-corrected chi connectivity index (χ3v) is 5.08. The topological polar surface area (TPSA) is 71.8 Å². The van der Waals surface area contributed by atoms with Gasteiger partial charge in [-0.25, -0.2) is 0 Å². The predicted octanol–water partition coefficient (Wildman–Crippen LogP) is 3.97. The minimum atomic E-state index is -0.132. The third kappa shape index (κ3) is 4.15. The molecule has 1 fully saturated rings. The Morgan fingerprint density at radius 3 is 2.68 bits per heavy atom. The van der Waals surface area contributed by atoms with Crippen LogP contribution in [-0.2, 0) is 4.79 Å². The molecule has 6 nitrogen and oxygen atoms in total. The zero-order valence-corrected chi connectivity index (χ0v) is 16.5. The van der Waals surface area contributed by atoms with Crippen molar-refractivity contribution in [1.29, 1.82) is 5.26 Å². The Morgan fingerprint density at radius 2 is 2.00 bits per heavy atom. The van der Waals surface area contributed by atoms with Gasteiger partial charge in [0.25, 0.3) is 5.91 Å². The molecular weight excluding hydrogens is 380 g/mol. The van der Waals surface area contributed by atoms with Crippen LogP contribution < -0.4 is 14.2 Å². The number of methoxy groups -OCH3 is 2. The Kier molecular flexibility index (Phi) is 6.27. The van der Waals surface area contributed by atoms with Gasteiger partial charge in [0.2, 0.25) is 0 Å². The number of likely N-dealkylation sites (tertiary alicyclic amines) is 1. The SMILES string of the molecule is COc1ccc(OC)c([C@@H]2CCCN2C(=O)COc2ccc(C#N)cc2Cl)c1. The van der Waals surface area contributed by atoms with Crippen molar-refractivity contribution < 1.29 is 19.0 Å². The fraction of sp³-hybridized carbons (Fsp3) is 0.333. The molecule has 2 aromatic rings. The van der Waals surface area contributed by atoms with Crippen LogP contribution in [-0.4, -0.2) is 38.2 Å². The van der Waals surface area contributed by atoms with Crippen molar-refractivity contribution in [2.75, 3.05) is 27.4 Å². The molecule has 28 heavy (non-hydrogen) atoms. The highest BCUT2D eigenvalue weighted by Gasteiger charge is 2.32. The fourth-order valence-corrected chi connectivity index (χ4v) is 3.63. The van der Waals surface area contributed by atoms with E-state index in [1.165, 1.54) is 6.07 Å². The van der Waals surface area contributed by atoms with E-state index in [4.69, 9.17) is 31.1 Å². The van der Waals surface area contributed by atoms with Crippen LogP contribution in [0.4, 0.5) is 0 Å². The summed E-state index contributed by atoms with van der Waals surface area (Å²) in [5.41, 5.74) is 1.36. The van der Waals surface area contributed by atoms with Gasteiger partial charge < -0.3 is 19.1 Å². The predicted molar refractivity (Wildman–Crippen MR) is 105 cm³/mol. The number of rotatable bonds is 6. The lowest BCUT2D eigenvalue weighted by Crippen LogP contribution is -2.34. The van der Waals surface area contributed by atoms with Gasteiger partial charge in [-0.05, 0) is 49.2 Å². The molecule has 1 heterocycles. The summed E-state index contributed by atoms with van der Waals surface area (Å²) < 4.78 is 16.4. The molecule has 0 spiro atoms. The molecule has 1 aliphatic rings. The van der Waals surface area contributed by atoms with Crippen molar-refractivity contribution in [1.82, 2.24) is 4.90 Å². The normalized spacial score (nSPS) is 15.8. The van der Waals surface area contributed by atoms with Crippen LogP contribution in [0.3, 0.4) is 0 Å². The summed E-state index contributed by atoms with van der Waals surface area (Å²) in [7, 11) is 3.22. The van der Waals surface area contributed by atoms with E-state index < -0.39 is 0 Å². The average Bonchev–Trinajstić information content (AvgIpc) is 3.21. The highest BCUT2D eigenvalue weighted by atomic mass is 35.5. The number of benzene rings is 2. The molecule has 146 valence electrons. The zero-order chi connectivity index (χ0) is 20.1. The average molecular weight is 401 g/mol. The van der Waals surface area contributed by atoms with Crippen LogP contribution in [0.15, 0.2) is 36.4 Å². The van der Waals surface area contributed by atoms with Gasteiger partial charge in [0.15, 0.2) is 6.61 Å². The second-order valence-corrected chi connectivity index (χ2v) is 6.81. The van der Waals surface area contributed by atoms with Gasteiger partial charge >= 0.3 is 0 Å². The Hall–Kier alpha value is -2.91. The molecule has 0 saturated carbocycles. The van der Waals surface area contributed by atoms with Crippen molar-refractivity contribution in [3.8, 4) is 23.3 Å². The van der Waals surface area contributed by atoms with Crippen LogP contribution in [0, 0.1) is 11.3 Å². The summed E-state index contributed by atoms with van der Waals surface area (Å²) in [5.74, 6) is 1.69. The van der Waals surface area contributed by atoms with E-state index in [0.717, 1.165) is 29.9 Å². The van der Waals surface area contributed by atoms with E-state index in [-0.39, 0.29) is 18.6 Å². The van der Waals surface area contributed by atoms with Crippen molar-refractivity contribution in [2.24, 2.45) is 0 Å². The van der Waals surface area contributed by atoms with Crippen LogP contribution in [0.5, 0.6) is 17.2 Å². The number of nitriles is 1. The second kappa shape index (κ2) is 8.85. The van der Waals surface area contributed by atoms with Crippen molar-refractivity contribution >= 4 is 17.5 Å². The minimum Gasteiger partial charge on any atom is -0.497 e. The Balaban J connectivity index is 1.74. The van der Waals surface area contributed by atoms with E-state index in [2.05, 4.69) is 0 Å². The van der Waals surface area contributed by atoms with Crippen molar-refractivity contribution in [3.05, 3.63) is 52.5 Å². The number of hydrogen-bond donors (Lipinski definition) is 0. The maximum atomic E-state index is 12.8. The fourth-order valence-electron chi connectivity index (χ4n) is 3.40. The molecule has 0 aliphatic carbocycles. The first-order valence-corrected chi connectivity index (χ1v) is 9.29. The molecule has 1 aliphatic heterocycles. The smallest absolute Gasteiger partial charge is 0.261 e. The lowest BCUT2D eigenvalue weighted by molar-refractivity contribution is -0.134. The maximum absolute atomic E-state index is 12.8. The van der Waals surface area contributed by atoms with Gasteiger partial charge in [0.05, 0.1) is 36.9 Å². The Morgan fingerprint density at radius 1 is 1.21 bits per heavy atom. The minimum absolute atomic E-state index is 0.0995. The molecule has 0 radical (unpaired) electrons. The number of hydrogen-bond acceptors (Lipinski definition) is 5.